The lowest BCUT2D eigenvalue weighted by atomic mass is 9.89. The first-order chi connectivity index (χ1) is 9.90. The van der Waals surface area contributed by atoms with Crippen LogP contribution in [0.15, 0.2) is 12.1 Å². The highest BCUT2D eigenvalue weighted by atomic mass is 19.1. The van der Waals surface area contributed by atoms with E-state index in [1.54, 1.807) is 7.11 Å². The van der Waals surface area contributed by atoms with Gasteiger partial charge in [-0.25, -0.2) is 18.4 Å². The molecule has 0 aromatic heterocycles. The SMILES string of the molecule is COC1CC(NC(=O)Nc2cc(C(=O)O)c(F)cc2F)C1. The molecule has 0 saturated heterocycles. The fraction of sp³-hybridized carbons (Fsp3) is 0.385. The van der Waals surface area contributed by atoms with E-state index in [0.717, 1.165) is 6.07 Å². The maximum Gasteiger partial charge on any atom is 0.338 e. The number of rotatable bonds is 4. The lowest BCUT2D eigenvalue weighted by Crippen LogP contribution is -2.48. The number of anilines is 1. The van der Waals surface area contributed by atoms with Gasteiger partial charge in [0.1, 0.15) is 11.6 Å². The van der Waals surface area contributed by atoms with Crippen molar-refractivity contribution >= 4 is 17.7 Å². The molecule has 1 aliphatic rings. The smallest absolute Gasteiger partial charge is 0.338 e. The number of methoxy groups -OCH3 is 1. The molecule has 1 saturated carbocycles. The van der Waals surface area contributed by atoms with Crippen LogP contribution in [0.2, 0.25) is 0 Å². The molecule has 21 heavy (non-hydrogen) atoms. The summed E-state index contributed by atoms with van der Waals surface area (Å²) >= 11 is 0. The van der Waals surface area contributed by atoms with E-state index in [9.17, 15) is 18.4 Å². The Bertz CT molecular complexity index is 574. The largest absolute Gasteiger partial charge is 0.478 e. The molecule has 114 valence electrons. The number of benzene rings is 1. The molecule has 0 heterocycles. The molecule has 1 aliphatic carbocycles. The van der Waals surface area contributed by atoms with Gasteiger partial charge in [-0.05, 0) is 18.9 Å². The molecular formula is C13H14F2N2O4. The van der Waals surface area contributed by atoms with Crippen molar-refractivity contribution in [3.05, 3.63) is 29.3 Å². The minimum Gasteiger partial charge on any atom is -0.478 e. The number of ether oxygens (including phenoxy) is 1. The molecule has 1 aromatic carbocycles. The predicted molar refractivity (Wildman–Crippen MR) is 69.3 cm³/mol. The van der Waals surface area contributed by atoms with Crippen LogP contribution in [0.5, 0.6) is 0 Å². The summed E-state index contributed by atoms with van der Waals surface area (Å²) in [6.45, 7) is 0. The summed E-state index contributed by atoms with van der Waals surface area (Å²) in [5.74, 6) is -3.79. The number of carboxylic acid groups (broad SMARTS) is 1. The van der Waals surface area contributed by atoms with Crippen molar-refractivity contribution in [2.75, 3.05) is 12.4 Å². The predicted octanol–water partition coefficient (Wildman–Crippen LogP) is 1.96. The highest BCUT2D eigenvalue weighted by Crippen LogP contribution is 2.23. The van der Waals surface area contributed by atoms with E-state index >= 15 is 0 Å². The van der Waals surface area contributed by atoms with Crippen molar-refractivity contribution in [3.63, 3.8) is 0 Å². The fourth-order valence-corrected chi connectivity index (χ4v) is 2.03. The maximum absolute atomic E-state index is 13.5. The first kappa shape index (κ1) is 15.2. The van der Waals surface area contributed by atoms with Gasteiger partial charge in [0.2, 0.25) is 0 Å². The van der Waals surface area contributed by atoms with Gasteiger partial charge in [-0.3, -0.25) is 0 Å². The van der Waals surface area contributed by atoms with Crippen molar-refractivity contribution in [2.24, 2.45) is 0 Å². The second-order valence-electron chi connectivity index (χ2n) is 4.74. The minimum absolute atomic E-state index is 0.0857. The van der Waals surface area contributed by atoms with Crippen molar-refractivity contribution in [1.82, 2.24) is 5.32 Å². The van der Waals surface area contributed by atoms with Gasteiger partial charge in [0.15, 0.2) is 0 Å². The summed E-state index contributed by atoms with van der Waals surface area (Å²) in [5.41, 5.74) is -1.11. The first-order valence-electron chi connectivity index (χ1n) is 6.23. The Morgan fingerprint density at radius 1 is 1.29 bits per heavy atom. The lowest BCUT2D eigenvalue weighted by Gasteiger charge is -2.34. The average molecular weight is 300 g/mol. The van der Waals surface area contributed by atoms with E-state index in [2.05, 4.69) is 10.6 Å². The molecule has 0 unspecified atom stereocenters. The van der Waals surface area contributed by atoms with Crippen LogP contribution in [-0.4, -0.2) is 36.4 Å². The molecule has 1 fully saturated rings. The van der Waals surface area contributed by atoms with E-state index in [0.29, 0.717) is 18.9 Å². The van der Waals surface area contributed by atoms with Gasteiger partial charge in [-0.2, -0.15) is 0 Å². The molecule has 2 amide bonds. The number of halogens is 2. The molecule has 1 aromatic rings. The Labute approximate surface area is 119 Å². The molecule has 0 radical (unpaired) electrons. The van der Waals surface area contributed by atoms with Gasteiger partial charge in [0.25, 0.3) is 0 Å². The Morgan fingerprint density at radius 2 is 1.95 bits per heavy atom. The molecular weight excluding hydrogens is 286 g/mol. The minimum atomic E-state index is -1.54. The van der Waals surface area contributed by atoms with Gasteiger partial charge < -0.3 is 20.5 Å². The monoisotopic (exact) mass is 300 g/mol. The summed E-state index contributed by atoms with van der Waals surface area (Å²) in [5, 5.41) is 13.5. The topological polar surface area (TPSA) is 87.7 Å². The zero-order valence-electron chi connectivity index (χ0n) is 11.2. The van der Waals surface area contributed by atoms with Crippen molar-refractivity contribution < 1.29 is 28.2 Å². The third kappa shape index (κ3) is 3.46. The molecule has 0 spiro atoms. The second kappa shape index (κ2) is 6.04. The quantitative estimate of drug-likeness (QED) is 0.793. The van der Waals surface area contributed by atoms with Crippen LogP contribution in [0.3, 0.4) is 0 Å². The van der Waals surface area contributed by atoms with Crippen LogP contribution in [0.4, 0.5) is 19.3 Å². The standard InChI is InChI=1S/C13H14F2N2O4/c1-21-7-2-6(3-7)16-13(20)17-11-4-8(12(18)19)9(14)5-10(11)15/h4-7H,2-3H2,1H3,(H,18,19)(H2,16,17,20). The molecule has 0 aliphatic heterocycles. The Morgan fingerprint density at radius 3 is 2.52 bits per heavy atom. The number of nitrogens with one attached hydrogen (secondary N) is 2. The van der Waals surface area contributed by atoms with E-state index in [-0.39, 0.29) is 12.1 Å². The van der Waals surface area contributed by atoms with Crippen molar-refractivity contribution in [1.29, 1.82) is 0 Å². The number of hydrogen-bond acceptors (Lipinski definition) is 3. The van der Waals surface area contributed by atoms with Crippen molar-refractivity contribution in [3.8, 4) is 0 Å². The highest BCUT2D eigenvalue weighted by Gasteiger charge is 2.30. The zero-order chi connectivity index (χ0) is 15.6. The van der Waals surface area contributed by atoms with E-state index < -0.39 is 34.9 Å². The summed E-state index contributed by atoms with van der Waals surface area (Å²) in [7, 11) is 1.57. The number of urea groups is 1. The van der Waals surface area contributed by atoms with Crippen LogP contribution in [0.1, 0.15) is 23.2 Å². The molecule has 8 heteroatoms. The van der Waals surface area contributed by atoms with Gasteiger partial charge in [0, 0.05) is 19.2 Å². The van der Waals surface area contributed by atoms with Crippen LogP contribution >= 0.6 is 0 Å². The summed E-state index contributed by atoms with van der Waals surface area (Å²) in [6, 6.07) is 0.392. The number of carboxylic acids is 1. The number of carbonyl (C=O) groups excluding carboxylic acids is 1. The van der Waals surface area contributed by atoms with Gasteiger partial charge in [-0.1, -0.05) is 0 Å². The van der Waals surface area contributed by atoms with Gasteiger partial charge in [0.05, 0.1) is 17.4 Å². The van der Waals surface area contributed by atoms with Crippen LogP contribution < -0.4 is 10.6 Å². The third-order valence-electron chi connectivity index (χ3n) is 3.30. The lowest BCUT2D eigenvalue weighted by molar-refractivity contribution is 0.0210. The maximum atomic E-state index is 13.5. The highest BCUT2D eigenvalue weighted by molar-refractivity contribution is 5.93. The Hall–Kier alpha value is -2.22. The Kier molecular flexibility index (Phi) is 4.37. The fourth-order valence-electron chi connectivity index (χ4n) is 2.03. The number of carbonyl (C=O) groups is 2. The van der Waals surface area contributed by atoms with E-state index in [1.165, 1.54) is 0 Å². The number of hydrogen-bond donors (Lipinski definition) is 3. The molecule has 0 bridgehead atoms. The summed E-state index contributed by atoms with van der Waals surface area (Å²) in [4.78, 5) is 22.4. The van der Waals surface area contributed by atoms with Crippen LogP contribution in [-0.2, 0) is 4.74 Å². The molecule has 6 nitrogen and oxygen atoms in total. The zero-order valence-corrected chi connectivity index (χ0v) is 11.2. The van der Waals surface area contributed by atoms with E-state index in [1.807, 2.05) is 0 Å². The number of aromatic carboxylic acids is 1. The molecule has 0 atom stereocenters. The third-order valence-corrected chi connectivity index (χ3v) is 3.30. The van der Waals surface area contributed by atoms with Crippen molar-refractivity contribution in [2.45, 2.75) is 25.0 Å². The molecule has 3 N–H and O–H groups in total. The van der Waals surface area contributed by atoms with Crippen LogP contribution in [0, 0.1) is 11.6 Å². The van der Waals surface area contributed by atoms with E-state index in [4.69, 9.17) is 9.84 Å². The number of amides is 2. The second-order valence-corrected chi connectivity index (χ2v) is 4.74. The molecule has 2 rings (SSSR count). The summed E-state index contributed by atoms with van der Waals surface area (Å²) in [6.07, 6.45) is 1.39. The first-order valence-corrected chi connectivity index (χ1v) is 6.23. The normalized spacial score (nSPS) is 20.5. The summed E-state index contributed by atoms with van der Waals surface area (Å²) < 4.78 is 31.8. The van der Waals surface area contributed by atoms with Crippen LogP contribution in [0.25, 0.3) is 0 Å². The van der Waals surface area contributed by atoms with Gasteiger partial charge >= 0.3 is 12.0 Å². The Balaban J connectivity index is 2.00. The average Bonchev–Trinajstić information content (AvgIpc) is 2.36. The van der Waals surface area contributed by atoms with Gasteiger partial charge in [-0.15, -0.1) is 0 Å².